The lowest BCUT2D eigenvalue weighted by Gasteiger charge is -2.30. The van der Waals surface area contributed by atoms with Crippen LogP contribution in [0.4, 0.5) is 13.2 Å². The number of carbonyl (C=O) groups excluding carboxylic acids is 2. The zero-order valence-corrected chi connectivity index (χ0v) is 18.2. The number of rotatable bonds is 4. The van der Waals surface area contributed by atoms with Gasteiger partial charge in [0.25, 0.3) is 12.2 Å². The molecule has 3 heterocycles. The molecule has 3 N–H and O–H groups in total. The lowest BCUT2D eigenvalue weighted by atomic mass is 9.98. The molecule has 12 heteroatoms. The Morgan fingerprint density at radius 2 is 1.97 bits per heavy atom. The number of hydrogen-bond donors (Lipinski definition) is 3. The number of fused-ring (bicyclic) bond motifs is 2. The molecule has 0 radical (unpaired) electrons. The van der Waals surface area contributed by atoms with Gasteiger partial charge in [0.05, 0.1) is 17.1 Å². The van der Waals surface area contributed by atoms with E-state index in [2.05, 4.69) is 25.3 Å². The van der Waals surface area contributed by atoms with E-state index in [1.54, 1.807) is 0 Å². The van der Waals surface area contributed by atoms with Crippen molar-refractivity contribution in [2.75, 3.05) is 13.2 Å². The molecule has 35 heavy (non-hydrogen) atoms. The minimum Gasteiger partial charge on any atom is -0.482 e. The summed E-state index contributed by atoms with van der Waals surface area (Å²) in [6.07, 6.45) is -5.30. The number of aromatic nitrogens is 2. The fraction of sp³-hybridized carbons (Fsp3) is 0.348. The summed E-state index contributed by atoms with van der Waals surface area (Å²) >= 11 is 0. The van der Waals surface area contributed by atoms with Crippen LogP contribution in [0.25, 0.3) is 11.0 Å². The van der Waals surface area contributed by atoms with Crippen LogP contribution in [0.2, 0.25) is 0 Å². The third-order valence-electron chi connectivity index (χ3n) is 5.79. The highest BCUT2D eigenvalue weighted by atomic mass is 19.4. The van der Waals surface area contributed by atoms with E-state index < -0.39 is 25.0 Å². The molecule has 5 rings (SSSR count). The van der Waals surface area contributed by atoms with Gasteiger partial charge in [-0.15, -0.1) is 0 Å². The number of hydrogen-bond acceptors (Lipinski definition) is 7. The predicted molar refractivity (Wildman–Crippen MR) is 116 cm³/mol. The summed E-state index contributed by atoms with van der Waals surface area (Å²) < 4.78 is 52.0. The van der Waals surface area contributed by atoms with Crippen LogP contribution in [0.3, 0.4) is 0 Å². The van der Waals surface area contributed by atoms with E-state index in [0.717, 1.165) is 23.3 Å². The predicted octanol–water partition coefficient (Wildman–Crippen LogP) is 2.99. The Labute approximate surface area is 196 Å². The summed E-state index contributed by atoms with van der Waals surface area (Å²) in [5, 5.41) is 6.43. The van der Waals surface area contributed by atoms with Crippen LogP contribution < -0.4 is 20.1 Å². The molecule has 0 bridgehead atoms. The fourth-order valence-electron chi connectivity index (χ4n) is 4.10. The molecule has 9 nitrogen and oxygen atoms in total. The van der Waals surface area contributed by atoms with Gasteiger partial charge < -0.3 is 29.8 Å². The Morgan fingerprint density at radius 1 is 1.14 bits per heavy atom. The maximum atomic E-state index is 12.9. The number of nitrogens with one attached hydrogen (secondary N) is 3. The van der Waals surface area contributed by atoms with Crippen LogP contribution >= 0.6 is 0 Å². The van der Waals surface area contributed by atoms with Crippen molar-refractivity contribution >= 4 is 22.9 Å². The second-order valence-electron chi connectivity index (χ2n) is 8.26. The molecular formula is C23H21F3N4O5. The number of nitrogens with zero attached hydrogens (tertiary/aromatic N) is 1. The molecule has 2 aliphatic rings. The standard InChI is InChI=1S/C23H21F3N4O5/c24-23(25,26)22(32)35-19-11-33-18-9-12(5-6-17(18)34-19)21(31)28-13-7-8-27-16(10-13)20-29-14-3-1-2-4-15(14)30-20/h1-6,9,13,16,19,27H,7-8,10-11H2,(H,28,31)(H,29,30)/t13-,16-,19?/m1/s1. The fourth-order valence-corrected chi connectivity index (χ4v) is 4.10. The van der Waals surface area contributed by atoms with Crippen molar-refractivity contribution in [2.24, 2.45) is 0 Å². The van der Waals surface area contributed by atoms with Gasteiger partial charge in [-0.25, -0.2) is 9.78 Å². The highest BCUT2D eigenvalue weighted by Gasteiger charge is 2.43. The molecule has 1 unspecified atom stereocenters. The highest BCUT2D eigenvalue weighted by molar-refractivity contribution is 5.95. The van der Waals surface area contributed by atoms with Crippen molar-refractivity contribution in [3.05, 3.63) is 53.9 Å². The number of imidazole rings is 1. The van der Waals surface area contributed by atoms with Gasteiger partial charge in [-0.2, -0.15) is 13.2 Å². The first-order chi connectivity index (χ1) is 16.8. The smallest absolute Gasteiger partial charge is 0.482 e. The average Bonchev–Trinajstić information content (AvgIpc) is 3.28. The third-order valence-corrected chi connectivity index (χ3v) is 5.79. The Morgan fingerprint density at radius 3 is 2.77 bits per heavy atom. The zero-order valence-electron chi connectivity index (χ0n) is 18.2. The summed E-state index contributed by atoms with van der Waals surface area (Å²) in [7, 11) is 0. The van der Waals surface area contributed by atoms with Crippen LogP contribution in [-0.2, 0) is 9.53 Å². The number of ether oxygens (including phenoxy) is 3. The van der Waals surface area contributed by atoms with Crippen molar-refractivity contribution in [1.29, 1.82) is 0 Å². The summed E-state index contributed by atoms with van der Waals surface area (Å²) in [6, 6.07) is 11.9. The van der Waals surface area contributed by atoms with Gasteiger partial charge in [-0.05, 0) is 49.7 Å². The number of amides is 1. The van der Waals surface area contributed by atoms with E-state index in [4.69, 9.17) is 9.47 Å². The molecule has 2 aromatic carbocycles. The van der Waals surface area contributed by atoms with E-state index in [-0.39, 0.29) is 29.5 Å². The zero-order chi connectivity index (χ0) is 24.6. The molecule has 3 aromatic rings. The molecule has 1 fully saturated rings. The Bertz CT molecular complexity index is 1230. The van der Waals surface area contributed by atoms with E-state index in [1.165, 1.54) is 18.2 Å². The molecule has 1 aromatic heterocycles. The number of H-pyrrole nitrogens is 1. The first-order valence-electron chi connectivity index (χ1n) is 11.0. The molecule has 1 amide bonds. The number of alkyl halides is 3. The Kier molecular flexibility index (Phi) is 5.97. The minimum absolute atomic E-state index is 0.0435. The normalized spacial score (nSPS) is 22.0. The van der Waals surface area contributed by atoms with E-state index >= 15 is 0 Å². The molecular weight excluding hydrogens is 469 g/mol. The number of carbonyl (C=O) groups is 2. The van der Waals surface area contributed by atoms with Gasteiger partial charge >= 0.3 is 12.1 Å². The van der Waals surface area contributed by atoms with Crippen molar-refractivity contribution < 1.29 is 37.0 Å². The molecule has 0 aliphatic carbocycles. The number of benzene rings is 2. The van der Waals surface area contributed by atoms with Gasteiger partial charge in [0.15, 0.2) is 18.1 Å². The van der Waals surface area contributed by atoms with E-state index in [0.29, 0.717) is 18.5 Å². The molecule has 3 atom stereocenters. The van der Waals surface area contributed by atoms with Gasteiger partial charge in [0, 0.05) is 11.6 Å². The summed E-state index contributed by atoms with van der Waals surface area (Å²) in [6.45, 7) is 0.263. The maximum absolute atomic E-state index is 12.9. The van der Waals surface area contributed by atoms with Crippen molar-refractivity contribution in [2.45, 2.75) is 37.4 Å². The summed E-state index contributed by atoms with van der Waals surface area (Å²) in [4.78, 5) is 31.8. The van der Waals surface area contributed by atoms with Gasteiger partial charge in [0.2, 0.25) is 0 Å². The summed E-state index contributed by atoms with van der Waals surface area (Å²) in [5.41, 5.74) is 2.13. The molecule has 184 valence electrons. The number of halogens is 3. The van der Waals surface area contributed by atoms with Gasteiger partial charge in [-0.3, -0.25) is 4.79 Å². The van der Waals surface area contributed by atoms with Crippen LogP contribution in [0.5, 0.6) is 11.5 Å². The van der Waals surface area contributed by atoms with Crippen LogP contribution in [-0.4, -0.2) is 53.5 Å². The summed E-state index contributed by atoms with van der Waals surface area (Å²) in [5.74, 6) is -1.64. The van der Waals surface area contributed by atoms with Gasteiger partial charge in [-0.1, -0.05) is 12.1 Å². The third kappa shape index (κ3) is 5.02. The number of piperidine rings is 1. The van der Waals surface area contributed by atoms with E-state index in [1.807, 2.05) is 24.3 Å². The molecule has 2 aliphatic heterocycles. The molecule has 0 spiro atoms. The maximum Gasteiger partial charge on any atom is 0.491 e. The average molecular weight is 490 g/mol. The van der Waals surface area contributed by atoms with Crippen molar-refractivity contribution in [1.82, 2.24) is 20.6 Å². The van der Waals surface area contributed by atoms with Crippen LogP contribution in [0.15, 0.2) is 42.5 Å². The molecule has 0 saturated carbocycles. The second-order valence-corrected chi connectivity index (χ2v) is 8.26. The topological polar surface area (TPSA) is 115 Å². The first-order valence-corrected chi connectivity index (χ1v) is 11.0. The lowest BCUT2D eigenvalue weighted by molar-refractivity contribution is -0.220. The van der Waals surface area contributed by atoms with Crippen LogP contribution in [0.1, 0.15) is 35.1 Å². The quantitative estimate of drug-likeness (QED) is 0.482. The lowest BCUT2D eigenvalue weighted by Crippen LogP contribution is -2.44. The number of para-hydroxylation sites is 2. The second kappa shape index (κ2) is 9.10. The van der Waals surface area contributed by atoms with Gasteiger partial charge in [0.1, 0.15) is 5.82 Å². The van der Waals surface area contributed by atoms with Crippen molar-refractivity contribution in [3.63, 3.8) is 0 Å². The monoisotopic (exact) mass is 490 g/mol. The number of aromatic amines is 1. The minimum atomic E-state index is -5.14. The van der Waals surface area contributed by atoms with E-state index in [9.17, 15) is 22.8 Å². The Balaban J connectivity index is 1.20. The van der Waals surface area contributed by atoms with Crippen molar-refractivity contribution in [3.8, 4) is 11.5 Å². The Hall–Kier alpha value is -3.80. The largest absolute Gasteiger partial charge is 0.491 e. The highest BCUT2D eigenvalue weighted by Crippen LogP contribution is 2.33. The van der Waals surface area contributed by atoms with Crippen LogP contribution in [0, 0.1) is 0 Å². The number of esters is 1. The SMILES string of the molecule is O=C(N[C@@H]1CCN[C@@H](c2nc3ccccc3[nH]2)C1)c1ccc2c(c1)OCC(OC(=O)C(F)(F)F)O2. The first kappa shape index (κ1) is 23.0. The molecule has 1 saturated heterocycles.